The third-order valence-electron chi connectivity index (χ3n) is 4.33. The van der Waals surface area contributed by atoms with Gasteiger partial charge in [0.2, 0.25) is 5.95 Å². The van der Waals surface area contributed by atoms with Crippen molar-refractivity contribution in [3.05, 3.63) is 63.9 Å². The van der Waals surface area contributed by atoms with E-state index < -0.39 is 5.56 Å². The molecule has 2 aromatic carbocycles. The number of nitrogens with one attached hydrogen (secondary N) is 2. The number of aromatic nitrogens is 2. The summed E-state index contributed by atoms with van der Waals surface area (Å²) in [7, 11) is 4.73. The molecule has 3 rings (SSSR count). The van der Waals surface area contributed by atoms with Crippen LogP contribution in [0.3, 0.4) is 0 Å². The number of rotatable bonds is 7. The largest absolute Gasteiger partial charge is 0.497 e. The molecular weight excluding hydrogens is 372 g/mol. The van der Waals surface area contributed by atoms with Crippen molar-refractivity contribution in [1.82, 2.24) is 9.97 Å². The highest BCUT2D eigenvalue weighted by Crippen LogP contribution is 2.26. The minimum Gasteiger partial charge on any atom is -0.497 e. The van der Waals surface area contributed by atoms with Crippen molar-refractivity contribution in [2.75, 3.05) is 26.6 Å². The second-order valence-electron chi connectivity index (χ2n) is 6.01. The minimum absolute atomic E-state index is 0.0559. The Morgan fingerprint density at radius 2 is 1.72 bits per heavy atom. The maximum atomic E-state index is 12.4. The van der Waals surface area contributed by atoms with E-state index in [1.807, 2.05) is 12.1 Å². The maximum absolute atomic E-state index is 12.4. The van der Waals surface area contributed by atoms with Crippen LogP contribution in [0.15, 0.2) is 47.3 Å². The van der Waals surface area contributed by atoms with E-state index >= 15 is 0 Å². The molecule has 0 saturated heterocycles. The summed E-state index contributed by atoms with van der Waals surface area (Å²) in [4.78, 5) is 19.4. The molecule has 0 aliphatic heterocycles. The van der Waals surface area contributed by atoms with Gasteiger partial charge in [0.1, 0.15) is 28.9 Å². The highest BCUT2D eigenvalue weighted by atomic mass is 16.5. The monoisotopic (exact) mass is 392 g/mol. The minimum atomic E-state index is -0.520. The Morgan fingerprint density at radius 3 is 2.34 bits per heavy atom. The van der Waals surface area contributed by atoms with Crippen molar-refractivity contribution in [2.24, 2.45) is 0 Å². The fourth-order valence-corrected chi connectivity index (χ4v) is 2.82. The number of hydrogen-bond acceptors (Lipinski definition) is 7. The van der Waals surface area contributed by atoms with E-state index in [9.17, 15) is 10.1 Å². The Morgan fingerprint density at radius 1 is 1.03 bits per heavy atom. The summed E-state index contributed by atoms with van der Waals surface area (Å²) in [5.41, 5.74) is 1.17. The van der Waals surface area contributed by atoms with Gasteiger partial charge in [-0.25, -0.2) is 4.98 Å². The number of anilines is 1. The van der Waals surface area contributed by atoms with Gasteiger partial charge in [-0.05, 0) is 42.5 Å². The van der Waals surface area contributed by atoms with E-state index in [1.165, 1.54) is 0 Å². The van der Waals surface area contributed by atoms with Gasteiger partial charge in [-0.15, -0.1) is 0 Å². The van der Waals surface area contributed by atoms with Gasteiger partial charge in [-0.2, -0.15) is 5.26 Å². The second-order valence-corrected chi connectivity index (χ2v) is 6.01. The van der Waals surface area contributed by atoms with Gasteiger partial charge in [0, 0.05) is 17.7 Å². The predicted octanol–water partition coefficient (Wildman–Crippen LogP) is 2.95. The Hall–Kier alpha value is -3.99. The molecule has 8 nitrogen and oxygen atoms in total. The number of hydrogen-bond donors (Lipinski definition) is 2. The van der Waals surface area contributed by atoms with Gasteiger partial charge >= 0.3 is 0 Å². The van der Waals surface area contributed by atoms with E-state index in [1.54, 1.807) is 57.7 Å². The SMILES string of the molecule is COc1ccc(-c2nc(NCc3cc(OC)ccc3OC)[nH]c(=O)c2C#N)cc1. The summed E-state index contributed by atoms with van der Waals surface area (Å²) in [5.74, 6) is 2.26. The molecule has 148 valence electrons. The lowest BCUT2D eigenvalue weighted by atomic mass is 10.1. The van der Waals surface area contributed by atoms with Gasteiger partial charge in [-0.1, -0.05) is 0 Å². The molecule has 0 fully saturated rings. The van der Waals surface area contributed by atoms with Crippen molar-refractivity contribution in [3.63, 3.8) is 0 Å². The first kappa shape index (κ1) is 19.8. The van der Waals surface area contributed by atoms with Crippen LogP contribution in [-0.2, 0) is 6.54 Å². The van der Waals surface area contributed by atoms with Crippen LogP contribution in [0.25, 0.3) is 11.3 Å². The summed E-state index contributed by atoms with van der Waals surface area (Å²) in [6.07, 6.45) is 0. The van der Waals surface area contributed by atoms with Crippen molar-refractivity contribution in [2.45, 2.75) is 6.54 Å². The summed E-state index contributed by atoms with van der Waals surface area (Å²) >= 11 is 0. The highest BCUT2D eigenvalue weighted by Gasteiger charge is 2.14. The molecule has 0 radical (unpaired) electrons. The Balaban J connectivity index is 1.94. The van der Waals surface area contributed by atoms with Crippen LogP contribution in [-0.4, -0.2) is 31.3 Å². The van der Waals surface area contributed by atoms with Crippen LogP contribution < -0.4 is 25.1 Å². The fourth-order valence-electron chi connectivity index (χ4n) is 2.82. The van der Waals surface area contributed by atoms with Crippen LogP contribution in [0.2, 0.25) is 0 Å². The fraction of sp³-hybridized carbons (Fsp3) is 0.190. The highest BCUT2D eigenvalue weighted by molar-refractivity contribution is 5.67. The van der Waals surface area contributed by atoms with Crippen molar-refractivity contribution >= 4 is 5.95 Å². The molecule has 0 spiro atoms. The first-order chi connectivity index (χ1) is 14.1. The number of ether oxygens (including phenoxy) is 3. The van der Waals surface area contributed by atoms with Crippen molar-refractivity contribution < 1.29 is 14.2 Å². The van der Waals surface area contributed by atoms with Crippen LogP contribution in [0, 0.1) is 11.3 Å². The molecule has 3 aromatic rings. The number of benzene rings is 2. The van der Waals surface area contributed by atoms with Crippen molar-refractivity contribution in [3.8, 4) is 34.6 Å². The smallest absolute Gasteiger partial charge is 0.270 e. The van der Waals surface area contributed by atoms with Crippen LogP contribution in [0.5, 0.6) is 17.2 Å². The molecule has 1 aromatic heterocycles. The zero-order valence-corrected chi connectivity index (χ0v) is 16.3. The molecule has 0 aliphatic rings. The van der Waals surface area contributed by atoms with Gasteiger partial charge in [0.15, 0.2) is 0 Å². The summed E-state index contributed by atoms with van der Waals surface area (Å²) in [6.45, 7) is 0.331. The Bertz CT molecular complexity index is 1100. The second kappa shape index (κ2) is 8.80. The molecule has 0 aliphatic carbocycles. The quantitative estimate of drug-likeness (QED) is 0.636. The molecule has 8 heteroatoms. The molecule has 1 heterocycles. The van der Waals surface area contributed by atoms with Gasteiger partial charge in [0.25, 0.3) is 5.56 Å². The number of methoxy groups -OCH3 is 3. The standard InChI is InChI=1S/C21H20N4O4/c1-27-15-6-4-13(5-7-15)19-17(11-22)20(26)25-21(24-19)23-12-14-10-16(28-2)8-9-18(14)29-3/h4-10H,12H2,1-3H3,(H2,23,24,25,26). The predicted molar refractivity (Wildman–Crippen MR) is 108 cm³/mol. The normalized spacial score (nSPS) is 10.1. The molecule has 0 unspecified atom stereocenters. The summed E-state index contributed by atoms with van der Waals surface area (Å²) < 4.78 is 15.8. The third kappa shape index (κ3) is 4.30. The van der Waals surface area contributed by atoms with E-state index in [0.29, 0.717) is 35.1 Å². The lowest BCUT2D eigenvalue weighted by Gasteiger charge is -2.12. The lowest BCUT2D eigenvalue weighted by Crippen LogP contribution is -2.17. The number of H-pyrrole nitrogens is 1. The van der Waals surface area contributed by atoms with Crippen LogP contribution >= 0.6 is 0 Å². The summed E-state index contributed by atoms with van der Waals surface area (Å²) in [5, 5.41) is 12.5. The van der Waals surface area contributed by atoms with E-state index in [-0.39, 0.29) is 11.5 Å². The zero-order valence-electron chi connectivity index (χ0n) is 16.3. The average molecular weight is 392 g/mol. The van der Waals surface area contributed by atoms with E-state index in [0.717, 1.165) is 5.56 Å². The zero-order chi connectivity index (χ0) is 20.8. The Kier molecular flexibility index (Phi) is 6.00. The van der Waals surface area contributed by atoms with Crippen molar-refractivity contribution in [1.29, 1.82) is 5.26 Å². The molecule has 2 N–H and O–H groups in total. The molecule has 0 amide bonds. The average Bonchev–Trinajstić information content (AvgIpc) is 2.77. The first-order valence-electron chi connectivity index (χ1n) is 8.73. The molecule has 29 heavy (non-hydrogen) atoms. The van der Waals surface area contributed by atoms with Gasteiger partial charge in [-0.3, -0.25) is 9.78 Å². The van der Waals surface area contributed by atoms with E-state index in [4.69, 9.17) is 14.2 Å². The number of nitrogens with zero attached hydrogens (tertiary/aromatic N) is 2. The van der Waals surface area contributed by atoms with Crippen LogP contribution in [0.4, 0.5) is 5.95 Å². The van der Waals surface area contributed by atoms with Crippen LogP contribution in [0.1, 0.15) is 11.1 Å². The topological polar surface area (TPSA) is 109 Å². The molecular formula is C21H20N4O4. The van der Waals surface area contributed by atoms with Gasteiger partial charge < -0.3 is 19.5 Å². The Labute approximate surface area is 167 Å². The summed E-state index contributed by atoms with van der Waals surface area (Å²) in [6, 6.07) is 14.3. The third-order valence-corrected chi connectivity index (χ3v) is 4.33. The molecule has 0 atom stereocenters. The molecule has 0 saturated carbocycles. The lowest BCUT2D eigenvalue weighted by molar-refractivity contribution is 0.399. The van der Waals surface area contributed by atoms with E-state index in [2.05, 4.69) is 15.3 Å². The van der Waals surface area contributed by atoms with Gasteiger partial charge in [0.05, 0.1) is 27.0 Å². The maximum Gasteiger partial charge on any atom is 0.270 e. The first-order valence-corrected chi connectivity index (χ1v) is 8.73. The number of nitriles is 1. The molecule has 0 bridgehead atoms. The number of aromatic amines is 1.